The summed E-state index contributed by atoms with van der Waals surface area (Å²) < 4.78 is 6.76. The summed E-state index contributed by atoms with van der Waals surface area (Å²) in [5, 5.41) is 14.9. The molecule has 1 N–H and O–H groups in total. The van der Waals surface area contributed by atoms with Crippen molar-refractivity contribution in [1.29, 1.82) is 0 Å². The molecule has 0 unspecified atom stereocenters. The summed E-state index contributed by atoms with van der Waals surface area (Å²) in [6, 6.07) is 10.2. The standard InChI is InChI=1S/C25H26N4O3S3/c1-6-17-11-18(24(31)32-5)23(35-17)26-20(30)13-34-25-28-27-22(29(25)4)19-12-33-15(3)21(19)16-9-7-14(2)8-10-16/h7-12H,6,13H2,1-5H3,(H,26,30). The quantitative estimate of drug-likeness (QED) is 0.225. The Balaban J connectivity index is 1.50. The minimum atomic E-state index is -0.461. The number of hydrogen-bond acceptors (Lipinski definition) is 8. The summed E-state index contributed by atoms with van der Waals surface area (Å²) in [7, 11) is 3.24. The van der Waals surface area contributed by atoms with E-state index in [1.54, 1.807) is 17.4 Å². The lowest BCUT2D eigenvalue weighted by Gasteiger charge is -2.08. The van der Waals surface area contributed by atoms with Crippen LogP contribution in [-0.2, 0) is 23.0 Å². The zero-order valence-corrected chi connectivity index (χ0v) is 22.6. The zero-order valence-electron chi connectivity index (χ0n) is 20.2. The van der Waals surface area contributed by atoms with Crippen molar-refractivity contribution < 1.29 is 14.3 Å². The molecule has 4 rings (SSSR count). The highest BCUT2D eigenvalue weighted by atomic mass is 32.2. The van der Waals surface area contributed by atoms with Crippen LogP contribution in [0.4, 0.5) is 5.00 Å². The maximum absolute atomic E-state index is 12.7. The number of anilines is 1. The van der Waals surface area contributed by atoms with Crippen LogP contribution in [0.3, 0.4) is 0 Å². The number of rotatable bonds is 8. The molecule has 1 amide bonds. The molecule has 0 aliphatic heterocycles. The second-order valence-electron chi connectivity index (χ2n) is 7.95. The fourth-order valence-corrected chi connectivity index (χ4v) is 6.21. The number of benzene rings is 1. The SMILES string of the molecule is CCc1cc(C(=O)OC)c(NC(=O)CSc2nnc(-c3csc(C)c3-c3ccc(C)cc3)n2C)s1. The lowest BCUT2D eigenvalue weighted by molar-refractivity contribution is -0.113. The Labute approximate surface area is 216 Å². The van der Waals surface area contributed by atoms with Crippen LogP contribution in [0.15, 0.2) is 40.9 Å². The van der Waals surface area contributed by atoms with Crippen LogP contribution in [0, 0.1) is 13.8 Å². The molecule has 1 aromatic carbocycles. The smallest absolute Gasteiger partial charge is 0.340 e. The van der Waals surface area contributed by atoms with E-state index in [0.29, 0.717) is 15.7 Å². The molecule has 0 atom stereocenters. The molecule has 3 aromatic heterocycles. The van der Waals surface area contributed by atoms with Gasteiger partial charge in [0.05, 0.1) is 18.4 Å². The summed E-state index contributed by atoms with van der Waals surface area (Å²) >= 11 is 4.37. The fraction of sp³-hybridized carbons (Fsp3) is 0.280. The topological polar surface area (TPSA) is 86.1 Å². The van der Waals surface area contributed by atoms with Crippen molar-refractivity contribution in [3.05, 3.63) is 56.6 Å². The van der Waals surface area contributed by atoms with E-state index < -0.39 is 5.97 Å². The van der Waals surface area contributed by atoms with Gasteiger partial charge < -0.3 is 14.6 Å². The van der Waals surface area contributed by atoms with E-state index in [1.165, 1.54) is 40.6 Å². The van der Waals surface area contributed by atoms with E-state index in [2.05, 4.69) is 59.0 Å². The van der Waals surface area contributed by atoms with Gasteiger partial charge in [-0.05, 0) is 31.9 Å². The Morgan fingerprint density at radius 2 is 1.91 bits per heavy atom. The van der Waals surface area contributed by atoms with Gasteiger partial charge in [-0.15, -0.1) is 32.9 Å². The lowest BCUT2D eigenvalue weighted by atomic mass is 10.0. The Kier molecular flexibility index (Phi) is 7.73. The van der Waals surface area contributed by atoms with Crippen molar-refractivity contribution in [1.82, 2.24) is 14.8 Å². The van der Waals surface area contributed by atoms with Crippen molar-refractivity contribution in [2.45, 2.75) is 32.3 Å². The number of thioether (sulfide) groups is 1. The van der Waals surface area contributed by atoms with Gasteiger partial charge in [-0.2, -0.15) is 0 Å². The number of ether oxygens (including phenoxy) is 1. The molecule has 0 aliphatic carbocycles. The number of amides is 1. The second-order valence-corrected chi connectivity index (χ2v) is 11.1. The highest BCUT2D eigenvalue weighted by molar-refractivity contribution is 7.99. The van der Waals surface area contributed by atoms with Gasteiger partial charge in [0.2, 0.25) is 5.91 Å². The molecule has 7 nitrogen and oxygen atoms in total. The number of aromatic nitrogens is 3. The molecule has 0 fully saturated rings. The number of hydrogen-bond donors (Lipinski definition) is 1. The number of thiophene rings is 2. The molecule has 0 bridgehead atoms. The molecule has 10 heteroatoms. The van der Waals surface area contributed by atoms with Gasteiger partial charge in [-0.3, -0.25) is 4.79 Å². The molecule has 0 saturated heterocycles. The van der Waals surface area contributed by atoms with Crippen LogP contribution in [0.1, 0.15) is 32.6 Å². The summed E-state index contributed by atoms with van der Waals surface area (Å²) in [5.41, 5.74) is 4.91. The minimum absolute atomic E-state index is 0.138. The maximum Gasteiger partial charge on any atom is 0.340 e. The molecule has 35 heavy (non-hydrogen) atoms. The molecule has 0 radical (unpaired) electrons. The summed E-state index contributed by atoms with van der Waals surface area (Å²) in [4.78, 5) is 26.9. The summed E-state index contributed by atoms with van der Waals surface area (Å²) in [6.07, 6.45) is 0.771. The number of aryl methyl sites for hydroxylation is 3. The van der Waals surface area contributed by atoms with Crippen molar-refractivity contribution in [3.63, 3.8) is 0 Å². The molecule has 0 aliphatic rings. The molecular formula is C25H26N4O3S3. The highest BCUT2D eigenvalue weighted by Crippen LogP contribution is 2.39. The fourth-order valence-electron chi connectivity index (χ4n) is 3.64. The van der Waals surface area contributed by atoms with Crippen LogP contribution >= 0.6 is 34.4 Å². The predicted octanol–water partition coefficient (Wildman–Crippen LogP) is 5.97. The van der Waals surface area contributed by atoms with Gasteiger partial charge in [0.15, 0.2) is 11.0 Å². The molecular weight excluding hydrogens is 501 g/mol. The Morgan fingerprint density at radius 1 is 1.17 bits per heavy atom. The van der Waals surface area contributed by atoms with Crippen LogP contribution in [0.2, 0.25) is 0 Å². The predicted molar refractivity (Wildman–Crippen MR) is 144 cm³/mol. The average molecular weight is 527 g/mol. The van der Waals surface area contributed by atoms with E-state index >= 15 is 0 Å². The third kappa shape index (κ3) is 5.34. The van der Waals surface area contributed by atoms with Gasteiger partial charge >= 0.3 is 5.97 Å². The molecule has 4 aromatic rings. The Bertz CT molecular complexity index is 1370. The minimum Gasteiger partial charge on any atom is -0.465 e. The lowest BCUT2D eigenvalue weighted by Crippen LogP contribution is -2.16. The van der Waals surface area contributed by atoms with Crippen molar-refractivity contribution >= 4 is 51.3 Å². The van der Waals surface area contributed by atoms with E-state index in [1.807, 2.05) is 18.5 Å². The number of methoxy groups -OCH3 is 1. The van der Waals surface area contributed by atoms with Gasteiger partial charge in [-0.25, -0.2) is 4.79 Å². The molecule has 3 heterocycles. The first-order valence-corrected chi connectivity index (χ1v) is 13.7. The van der Waals surface area contributed by atoms with E-state index in [4.69, 9.17) is 4.74 Å². The van der Waals surface area contributed by atoms with Crippen LogP contribution in [0.5, 0.6) is 0 Å². The summed E-state index contributed by atoms with van der Waals surface area (Å²) in [5.74, 6) is 0.212. The van der Waals surface area contributed by atoms with Crippen LogP contribution in [-0.4, -0.2) is 39.5 Å². The van der Waals surface area contributed by atoms with Crippen molar-refractivity contribution in [2.24, 2.45) is 7.05 Å². The number of esters is 1. The molecule has 0 spiro atoms. The number of nitrogens with zero attached hydrogens (tertiary/aromatic N) is 3. The first-order valence-electron chi connectivity index (χ1n) is 11.0. The average Bonchev–Trinajstić information content (AvgIpc) is 3.54. The van der Waals surface area contributed by atoms with E-state index in [-0.39, 0.29) is 11.7 Å². The van der Waals surface area contributed by atoms with Crippen LogP contribution < -0.4 is 5.32 Å². The second kappa shape index (κ2) is 10.8. The monoisotopic (exact) mass is 526 g/mol. The Morgan fingerprint density at radius 3 is 2.60 bits per heavy atom. The van der Waals surface area contributed by atoms with Gasteiger partial charge in [-0.1, -0.05) is 48.5 Å². The zero-order chi connectivity index (χ0) is 25.1. The third-order valence-electron chi connectivity index (χ3n) is 5.51. The van der Waals surface area contributed by atoms with Gasteiger partial charge in [0, 0.05) is 33.3 Å². The molecule has 0 saturated carbocycles. The molecule has 182 valence electrons. The van der Waals surface area contributed by atoms with E-state index in [0.717, 1.165) is 33.8 Å². The van der Waals surface area contributed by atoms with Gasteiger partial charge in [0.25, 0.3) is 0 Å². The first kappa shape index (κ1) is 25.2. The summed E-state index contributed by atoms with van der Waals surface area (Å²) in [6.45, 7) is 6.18. The number of carbonyl (C=O) groups is 2. The number of nitrogens with one attached hydrogen (secondary N) is 1. The van der Waals surface area contributed by atoms with Gasteiger partial charge in [0.1, 0.15) is 5.00 Å². The normalized spacial score (nSPS) is 11.0. The highest BCUT2D eigenvalue weighted by Gasteiger charge is 2.21. The first-order chi connectivity index (χ1) is 16.8. The van der Waals surface area contributed by atoms with Crippen LogP contribution in [0.25, 0.3) is 22.5 Å². The number of carbonyl (C=O) groups excluding carboxylic acids is 2. The maximum atomic E-state index is 12.7. The van der Waals surface area contributed by atoms with Crippen molar-refractivity contribution in [2.75, 3.05) is 18.2 Å². The Hall–Kier alpha value is -2.95. The largest absolute Gasteiger partial charge is 0.465 e. The third-order valence-corrected chi connectivity index (χ3v) is 8.64. The van der Waals surface area contributed by atoms with Crippen molar-refractivity contribution in [3.8, 4) is 22.5 Å². The van der Waals surface area contributed by atoms with E-state index in [9.17, 15) is 9.59 Å².